The summed E-state index contributed by atoms with van der Waals surface area (Å²) >= 11 is 0. The average Bonchev–Trinajstić information content (AvgIpc) is 1.65. The van der Waals surface area contributed by atoms with Crippen LogP contribution in [0.5, 0.6) is 0 Å². The zero-order valence-corrected chi connectivity index (χ0v) is 7.61. The third kappa shape index (κ3) is 3.94. The van der Waals surface area contributed by atoms with Crippen LogP contribution in [0.4, 0.5) is 0 Å². The van der Waals surface area contributed by atoms with E-state index < -0.39 is 0 Å². The molecule has 0 atom stereocenters. The van der Waals surface area contributed by atoms with Crippen LogP contribution in [0.1, 0.15) is 0 Å². The van der Waals surface area contributed by atoms with Crippen molar-refractivity contribution in [3.8, 4) is 0 Å². The van der Waals surface area contributed by atoms with Crippen LogP contribution in [0.3, 0.4) is 0 Å². The van der Waals surface area contributed by atoms with E-state index in [1.54, 1.807) is 7.05 Å². The van der Waals surface area contributed by atoms with Gasteiger partial charge in [0.25, 0.3) is 0 Å². The van der Waals surface area contributed by atoms with Crippen LogP contribution in [0, 0.1) is 13.1 Å². The molecule has 0 aromatic carbocycles. The van der Waals surface area contributed by atoms with Gasteiger partial charge < -0.3 is 16.6 Å². The minimum absolute atomic E-state index is 0. The molecule has 8 heavy (non-hydrogen) atoms. The van der Waals surface area contributed by atoms with Crippen LogP contribution in [0.25, 0.3) is 0 Å². The van der Waals surface area contributed by atoms with E-state index in [1.165, 1.54) is 4.90 Å². The van der Waals surface area contributed by atoms with E-state index in [1.807, 2.05) is 0 Å². The molecule has 44 valence electrons. The number of nitrogens with zero attached hydrogens (tertiary/aromatic N) is 1. The first-order valence-corrected chi connectivity index (χ1v) is 1.81. The van der Waals surface area contributed by atoms with Crippen LogP contribution in [0.2, 0.25) is 0 Å². The molecule has 0 saturated carbocycles. The largest absolute Gasteiger partial charge is 2.00 e. The fourth-order valence-corrected chi connectivity index (χ4v) is 0.0882. The van der Waals surface area contributed by atoms with Gasteiger partial charge in [0.05, 0.1) is 0 Å². The van der Waals surface area contributed by atoms with Crippen LogP contribution in [0.15, 0.2) is 6.58 Å². The van der Waals surface area contributed by atoms with Crippen LogP contribution >= 0.6 is 0 Å². The molecule has 0 heterocycles. The van der Waals surface area contributed by atoms with Crippen molar-refractivity contribution in [1.29, 1.82) is 0 Å². The van der Waals surface area contributed by atoms with Gasteiger partial charge in [-0.3, -0.25) is 0 Å². The van der Waals surface area contributed by atoms with Crippen molar-refractivity contribution in [2.45, 2.75) is 0 Å². The minimum Gasteiger partial charge on any atom is -0.510 e. The first-order chi connectivity index (χ1) is 3.18. The van der Waals surface area contributed by atoms with Gasteiger partial charge in [-0.2, -0.15) is 12.8 Å². The monoisotopic (exact) mass is 281 g/mol. The Morgan fingerprint density at radius 2 is 2.25 bits per heavy atom. The molecule has 1 amide bonds. The van der Waals surface area contributed by atoms with Crippen molar-refractivity contribution in [2.24, 2.45) is 0 Å². The normalized spacial score (nSPS) is 6.62. The molecule has 0 radical (unpaired) electrons. The first-order valence-electron chi connectivity index (χ1n) is 1.81. The van der Waals surface area contributed by atoms with Crippen molar-refractivity contribution in [3.05, 3.63) is 19.7 Å². The second-order valence-corrected chi connectivity index (χ2v) is 1.11. The predicted octanol–water partition coefficient (Wildman–Crippen LogP) is 0.223. The van der Waals surface area contributed by atoms with E-state index in [0.29, 0.717) is 0 Å². The molecule has 0 rings (SSSR count). The maximum Gasteiger partial charge on any atom is 2.00 e. The average molecular weight is 281 g/mol. The van der Waals surface area contributed by atoms with Gasteiger partial charge in [-0.15, -0.1) is 0 Å². The van der Waals surface area contributed by atoms with Gasteiger partial charge in [0.15, 0.2) is 0 Å². The Hall–Kier alpha value is -0.232. The molecule has 0 saturated heterocycles. The molecule has 0 N–H and O–H groups in total. The number of carbonyl (C=O) groups is 1. The van der Waals surface area contributed by atoms with E-state index in [4.69, 9.17) is 0 Å². The van der Waals surface area contributed by atoms with Crippen molar-refractivity contribution in [3.63, 3.8) is 0 Å². The second kappa shape index (κ2) is 4.92. The molecule has 0 aliphatic heterocycles. The number of hydrogen-bond donors (Lipinski definition) is 0. The molecule has 0 fully saturated rings. The molecular formula is C5H7NOW. The summed E-state index contributed by atoms with van der Waals surface area (Å²) in [6.45, 7) is 6.32. The molecule has 0 aromatic rings. The van der Waals surface area contributed by atoms with Crippen LogP contribution in [-0.4, -0.2) is 17.9 Å². The van der Waals surface area contributed by atoms with Gasteiger partial charge in [-0.25, -0.2) is 0 Å². The quantitative estimate of drug-likeness (QED) is 0.497. The molecule has 3 heteroatoms. The van der Waals surface area contributed by atoms with E-state index in [-0.39, 0.29) is 27.0 Å². The summed E-state index contributed by atoms with van der Waals surface area (Å²) in [6, 6.07) is 0. The standard InChI is InChI=1S/C5H7NO.W/c1-4-6(3)5(2)7;/h1-2H2,3H3;/q-2;+2. The molecule has 0 unspecified atom stereocenters. The molecule has 0 bridgehead atoms. The van der Waals surface area contributed by atoms with E-state index in [0.717, 1.165) is 0 Å². The number of carbonyl (C=O) groups excluding carboxylic acids is 1. The minimum atomic E-state index is -0.296. The van der Waals surface area contributed by atoms with E-state index in [2.05, 4.69) is 19.7 Å². The number of rotatable bonds is 1. The van der Waals surface area contributed by atoms with Gasteiger partial charge in [-0.05, 0) is 7.05 Å². The molecular weight excluding hydrogens is 274 g/mol. The summed E-state index contributed by atoms with van der Waals surface area (Å²) in [5.74, 6) is -0.296. The van der Waals surface area contributed by atoms with Crippen molar-refractivity contribution in [1.82, 2.24) is 4.90 Å². The van der Waals surface area contributed by atoms with Crippen molar-refractivity contribution < 1.29 is 25.9 Å². The maximum absolute atomic E-state index is 10.1. The SMILES string of the molecule is C=[C-]N(C)C([CH2-])=O.[W+2]. The topological polar surface area (TPSA) is 20.3 Å². The van der Waals surface area contributed by atoms with Crippen molar-refractivity contribution in [2.75, 3.05) is 7.05 Å². The Morgan fingerprint density at radius 3 is 2.25 bits per heavy atom. The smallest absolute Gasteiger partial charge is 0.510 e. The first kappa shape index (κ1) is 10.7. The van der Waals surface area contributed by atoms with Gasteiger partial charge in [0.2, 0.25) is 0 Å². The molecule has 0 aromatic heterocycles. The van der Waals surface area contributed by atoms with Crippen LogP contribution < -0.4 is 0 Å². The Bertz CT molecular complexity index is 92.4. The number of amides is 1. The summed E-state index contributed by atoms with van der Waals surface area (Å²) in [5.41, 5.74) is 0. The summed E-state index contributed by atoms with van der Waals surface area (Å²) < 4.78 is 0. The third-order valence-electron chi connectivity index (χ3n) is 0.611. The molecule has 2 nitrogen and oxygen atoms in total. The summed E-state index contributed by atoms with van der Waals surface area (Å²) in [6.07, 6.45) is 2.34. The Balaban J connectivity index is 0. The maximum atomic E-state index is 10.1. The molecule has 0 spiro atoms. The van der Waals surface area contributed by atoms with E-state index in [9.17, 15) is 4.79 Å². The Morgan fingerprint density at radius 1 is 1.88 bits per heavy atom. The Labute approximate surface area is 63.8 Å². The Kier molecular flexibility index (Phi) is 6.57. The van der Waals surface area contributed by atoms with Gasteiger partial charge in [0.1, 0.15) is 0 Å². The van der Waals surface area contributed by atoms with Crippen LogP contribution in [-0.2, 0) is 25.9 Å². The fraction of sp³-hybridized carbons (Fsp3) is 0.200. The van der Waals surface area contributed by atoms with Gasteiger partial charge in [-0.1, -0.05) is 5.91 Å². The number of hydrogen-bond acceptors (Lipinski definition) is 1. The predicted molar refractivity (Wildman–Crippen MR) is 27.0 cm³/mol. The third-order valence-corrected chi connectivity index (χ3v) is 0.611. The zero-order chi connectivity index (χ0) is 5.86. The van der Waals surface area contributed by atoms with E-state index >= 15 is 0 Å². The summed E-state index contributed by atoms with van der Waals surface area (Å²) in [4.78, 5) is 11.3. The zero-order valence-electron chi connectivity index (χ0n) is 4.68. The molecule has 0 aliphatic carbocycles. The van der Waals surface area contributed by atoms with Gasteiger partial charge in [0, 0.05) is 0 Å². The molecule has 0 aliphatic rings. The summed E-state index contributed by atoms with van der Waals surface area (Å²) in [5, 5.41) is 0. The van der Waals surface area contributed by atoms with Gasteiger partial charge >= 0.3 is 21.1 Å². The summed E-state index contributed by atoms with van der Waals surface area (Å²) in [7, 11) is 1.54. The second-order valence-electron chi connectivity index (χ2n) is 1.11. The fourth-order valence-electron chi connectivity index (χ4n) is 0.0882. The van der Waals surface area contributed by atoms with Crippen molar-refractivity contribution >= 4 is 5.91 Å².